The van der Waals surface area contributed by atoms with Gasteiger partial charge in [-0.1, -0.05) is 12.1 Å². The number of hydrogen-bond acceptors (Lipinski definition) is 3. The summed E-state index contributed by atoms with van der Waals surface area (Å²) in [7, 11) is 2.29. The van der Waals surface area contributed by atoms with E-state index >= 15 is 0 Å². The van der Waals surface area contributed by atoms with E-state index in [1.165, 1.54) is 0 Å². The van der Waals surface area contributed by atoms with Gasteiger partial charge in [-0.3, -0.25) is 14.4 Å². The van der Waals surface area contributed by atoms with Crippen LogP contribution in [0.2, 0.25) is 0 Å². The fourth-order valence-corrected chi connectivity index (χ4v) is 1.51. The van der Waals surface area contributed by atoms with Crippen LogP contribution in [0, 0.1) is 0 Å². The molecular weight excluding hydrogens is 201 g/mol. The molecule has 0 saturated heterocycles. The van der Waals surface area contributed by atoms with Crippen molar-refractivity contribution in [1.29, 1.82) is 0 Å². The van der Waals surface area contributed by atoms with Crippen LogP contribution in [-0.2, 0) is 4.84 Å². The van der Waals surface area contributed by atoms with Gasteiger partial charge in [-0.2, -0.15) is 0 Å². The Morgan fingerprint density at radius 1 is 1.14 bits per heavy atom. The fraction of sp³-hybridized carbons (Fsp3) is 0.111. The number of carbonyl (C=O) groups excluding carboxylic acids is 2. The van der Waals surface area contributed by atoms with Crippen molar-refractivity contribution in [2.45, 2.75) is 0 Å². The van der Waals surface area contributed by atoms with Crippen LogP contribution in [0.4, 0.5) is 0 Å². The Hall–Kier alpha value is -1.25. The molecule has 0 N–H and O–H groups in total. The second-order valence-corrected chi connectivity index (χ2v) is 3.08. The smallest absolute Gasteiger partial charge is 0.266 e. The van der Waals surface area contributed by atoms with E-state index in [1.54, 1.807) is 24.3 Å². The van der Waals surface area contributed by atoms with Crippen LogP contribution in [0.1, 0.15) is 20.7 Å². The van der Waals surface area contributed by atoms with Gasteiger partial charge in [0.1, 0.15) is 0 Å². The lowest BCUT2D eigenvalue weighted by Crippen LogP contribution is -2.29. The number of imide groups is 1. The molecule has 0 spiro atoms. The molecular formula is C9H8NO3P. The molecule has 5 heteroatoms. The Kier molecular flexibility index (Phi) is 2.32. The number of carbonyl (C=O) groups is 2. The third kappa shape index (κ3) is 1.24. The van der Waals surface area contributed by atoms with Gasteiger partial charge in [-0.05, 0) is 12.1 Å². The van der Waals surface area contributed by atoms with Crippen molar-refractivity contribution in [3.8, 4) is 0 Å². The number of rotatable bonds is 2. The van der Waals surface area contributed by atoms with Gasteiger partial charge in [0.15, 0.2) is 0 Å². The summed E-state index contributed by atoms with van der Waals surface area (Å²) in [6.45, 7) is 0. The summed E-state index contributed by atoms with van der Waals surface area (Å²) >= 11 is 0. The number of nitrogens with zero attached hydrogens (tertiary/aromatic N) is 1. The number of hydrogen-bond donors (Lipinski definition) is 0. The van der Waals surface area contributed by atoms with Gasteiger partial charge in [0.2, 0.25) is 0 Å². The minimum Gasteiger partial charge on any atom is -0.266 e. The maximum Gasteiger partial charge on any atom is 0.285 e. The van der Waals surface area contributed by atoms with E-state index < -0.39 is 11.8 Å². The average molecular weight is 209 g/mol. The molecule has 1 aromatic carbocycles. The molecule has 14 heavy (non-hydrogen) atoms. The van der Waals surface area contributed by atoms with Crippen molar-refractivity contribution in [2.24, 2.45) is 0 Å². The monoisotopic (exact) mass is 209 g/mol. The minimum atomic E-state index is -0.395. The zero-order chi connectivity index (χ0) is 10.1. The summed E-state index contributed by atoms with van der Waals surface area (Å²) in [6, 6.07) is 6.66. The van der Waals surface area contributed by atoms with Crippen LogP contribution in [0.25, 0.3) is 0 Å². The van der Waals surface area contributed by atoms with Crippen molar-refractivity contribution >= 4 is 21.1 Å². The van der Waals surface area contributed by atoms with Gasteiger partial charge in [0, 0.05) is 0 Å². The SMILES string of the molecule is O=C1c2ccccc2C(=O)N1OCP. The maximum absolute atomic E-state index is 11.6. The topological polar surface area (TPSA) is 46.6 Å². The van der Waals surface area contributed by atoms with Crippen LogP contribution < -0.4 is 0 Å². The van der Waals surface area contributed by atoms with Crippen LogP contribution in [0.3, 0.4) is 0 Å². The first-order valence-electron chi connectivity index (χ1n) is 4.06. The second-order valence-electron chi connectivity index (χ2n) is 2.75. The minimum absolute atomic E-state index is 0.214. The van der Waals surface area contributed by atoms with E-state index in [9.17, 15) is 9.59 Å². The number of benzene rings is 1. The molecule has 1 aliphatic rings. The normalized spacial score (nSPS) is 14.8. The maximum atomic E-state index is 11.6. The molecule has 1 aromatic rings. The van der Waals surface area contributed by atoms with Crippen LogP contribution in [-0.4, -0.2) is 23.2 Å². The first-order valence-corrected chi connectivity index (χ1v) is 4.88. The molecule has 0 radical (unpaired) electrons. The van der Waals surface area contributed by atoms with Crippen molar-refractivity contribution in [3.05, 3.63) is 35.4 Å². The lowest BCUT2D eigenvalue weighted by atomic mass is 10.1. The number of hydroxylamine groups is 2. The Morgan fingerprint density at radius 2 is 1.64 bits per heavy atom. The standard InChI is InChI=1S/C9H8NO3P/c11-8-6-3-1-2-4-7(6)9(12)10(8)13-5-14/h1-4H,5,14H2. The Bertz CT molecular complexity index is 370. The van der Waals surface area contributed by atoms with Crippen molar-refractivity contribution in [2.75, 3.05) is 6.35 Å². The summed E-state index contributed by atoms with van der Waals surface area (Å²) in [5.74, 6) is -0.791. The van der Waals surface area contributed by atoms with Gasteiger partial charge in [0.05, 0.1) is 17.5 Å². The number of amides is 2. The molecule has 4 nitrogen and oxygen atoms in total. The molecule has 2 amide bonds. The summed E-state index contributed by atoms with van der Waals surface area (Å²) in [6.07, 6.45) is 0.214. The Balaban J connectivity index is 2.43. The number of fused-ring (bicyclic) bond motifs is 1. The quantitative estimate of drug-likeness (QED) is 0.540. The van der Waals surface area contributed by atoms with E-state index in [0.29, 0.717) is 11.1 Å². The molecule has 1 unspecified atom stereocenters. The fourth-order valence-electron chi connectivity index (χ4n) is 1.36. The molecule has 1 aliphatic heterocycles. The summed E-state index contributed by atoms with van der Waals surface area (Å²) in [5, 5.41) is 0.789. The lowest BCUT2D eigenvalue weighted by Gasteiger charge is -2.10. The third-order valence-electron chi connectivity index (χ3n) is 1.96. The van der Waals surface area contributed by atoms with Gasteiger partial charge >= 0.3 is 0 Å². The van der Waals surface area contributed by atoms with Gasteiger partial charge in [-0.25, -0.2) is 0 Å². The lowest BCUT2D eigenvalue weighted by molar-refractivity contribution is -0.0717. The van der Waals surface area contributed by atoms with Crippen molar-refractivity contribution < 1.29 is 14.4 Å². The predicted octanol–water partition coefficient (Wildman–Crippen LogP) is 1.05. The molecule has 2 rings (SSSR count). The highest BCUT2D eigenvalue weighted by atomic mass is 31.0. The van der Waals surface area contributed by atoms with Crippen molar-refractivity contribution in [1.82, 2.24) is 5.06 Å². The third-order valence-corrected chi connectivity index (χ3v) is 2.11. The van der Waals surface area contributed by atoms with E-state index in [4.69, 9.17) is 4.84 Å². The predicted molar refractivity (Wildman–Crippen MR) is 52.6 cm³/mol. The second kappa shape index (κ2) is 3.48. The van der Waals surface area contributed by atoms with E-state index in [2.05, 4.69) is 9.24 Å². The highest BCUT2D eigenvalue weighted by Gasteiger charge is 2.36. The molecule has 0 saturated carbocycles. The van der Waals surface area contributed by atoms with Crippen molar-refractivity contribution in [3.63, 3.8) is 0 Å². The molecule has 1 atom stereocenters. The van der Waals surface area contributed by atoms with E-state index in [0.717, 1.165) is 5.06 Å². The molecule has 0 bridgehead atoms. The van der Waals surface area contributed by atoms with Gasteiger partial charge in [0.25, 0.3) is 11.8 Å². The summed E-state index contributed by atoms with van der Waals surface area (Å²) in [5.41, 5.74) is 0.798. The summed E-state index contributed by atoms with van der Waals surface area (Å²) in [4.78, 5) is 28.0. The molecule has 0 aromatic heterocycles. The highest BCUT2D eigenvalue weighted by Crippen LogP contribution is 2.22. The zero-order valence-electron chi connectivity index (χ0n) is 7.27. The van der Waals surface area contributed by atoms with Crippen LogP contribution in [0.5, 0.6) is 0 Å². The Labute approximate surface area is 83.0 Å². The Morgan fingerprint density at radius 3 is 2.07 bits per heavy atom. The van der Waals surface area contributed by atoms with Gasteiger partial charge in [-0.15, -0.1) is 14.3 Å². The first-order chi connectivity index (χ1) is 6.75. The van der Waals surface area contributed by atoms with E-state index in [-0.39, 0.29) is 6.35 Å². The van der Waals surface area contributed by atoms with Gasteiger partial charge < -0.3 is 0 Å². The zero-order valence-corrected chi connectivity index (χ0v) is 8.42. The molecule has 1 heterocycles. The summed E-state index contributed by atoms with van der Waals surface area (Å²) < 4.78 is 0. The highest BCUT2D eigenvalue weighted by molar-refractivity contribution is 7.16. The molecule has 0 fully saturated rings. The average Bonchev–Trinajstić information content (AvgIpc) is 2.45. The molecule has 72 valence electrons. The van der Waals surface area contributed by atoms with E-state index in [1.807, 2.05) is 0 Å². The first kappa shape index (κ1) is 9.31. The van der Waals surface area contributed by atoms with Crippen LogP contribution >= 0.6 is 9.24 Å². The molecule has 0 aliphatic carbocycles. The largest absolute Gasteiger partial charge is 0.285 e. The van der Waals surface area contributed by atoms with Crippen LogP contribution in [0.15, 0.2) is 24.3 Å².